The number of hydrogen-bond donors (Lipinski definition) is 2. The van der Waals surface area contributed by atoms with Crippen molar-refractivity contribution in [3.8, 4) is 11.1 Å². The van der Waals surface area contributed by atoms with Crippen LogP contribution in [-0.2, 0) is 20.5 Å². The van der Waals surface area contributed by atoms with Crippen molar-refractivity contribution < 1.29 is 18.5 Å². The van der Waals surface area contributed by atoms with Crippen LogP contribution in [0.4, 0.5) is 4.79 Å². The van der Waals surface area contributed by atoms with Crippen LogP contribution in [0.1, 0.15) is 41.0 Å². The van der Waals surface area contributed by atoms with Gasteiger partial charge in [-0.25, -0.2) is 9.00 Å². The number of alkyl carbamates (subject to hydrolysis) is 1. The molecule has 0 saturated heterocycles. The van der Waals surface area contributed by atoms with Crippen LogP contribution in [0.2, 0.25) is 0 Å². The van der Waals surface area contributed by atoms with E-state index in [1.54, 1.807) is 20.8 Å². The summed E-state index contributed by atoms with van der Waals surface area (Å²) in [6.45, 7) is 9.14. The average Bonchev–Trinajstić information content (AvgIpc) is 3.09. The van der Waals surface area contributed by atoms with Gasteiger partial charge in [-0.05, 0) is 50.1 Å². The molecule has 1 aromatic carbocycles. The molecule has 2 N–H and O–H groups in total. The highest BCUT2D eigenvalue weighted by atomic mass is 32.2. The lowest BCUT2D eigenvalue weighted by Gasteiger charge is -2.24. The summed E-state index contributed by atoms with van der Waals surface area (Å²) in [7, 11) is -1.74. The number of benzene rings is 1. The Bertz CT molecular complexity index is 857. The summed E-state index contributed by atoms with van der Waals surface area (Å²) < 4.78 is 21.2. The molecule has 2 atom stereocenters. The van der Waals surface area contributed by atoms with E-state index >= 15 is 0 Å². The molecule has 1 heterocycles. The van der Waals surface area contributed by atoms with Crippen LogP contribution in [0, 0.1) is 5.92 Å². The standard InChI is InChI=1S/C21H28N2O4S2/c1-14(2)13-17(22-20(25)27-21(3,4)5)18(24)23-29(26)19-16(11-12-28-19)15-9-7-6-8-10-15/h6-12,14,17H,13H2,1-5H3,(H,22,25)(H,23,24)/t17-,29?/m0/s1. The fraction of sp³-hybridized carbons (Fsp3) is 0.429. The zero-order chi connectivity index (χ0) is 21.6. The van der Waals surface area contributed by atoms with Crippen LogP contribution < -0.4 is 10.0 Å². The first-order valence-electron chi connectivity index (χ1n) is 9.41. The molecule has 0 aliphatic carbocycles. The zero-order valence-electron chi connectivity index (χ0n) is 17.4. The molecule has 158 valence electrons. The predicted molar refractivity (Wildman–Crippen MR) is 117 cm³/mol. The topological polar surface area (TPSA) is 84.5 Å². The van der Waals surface area contributed by atoms with Gasteiger partial charge >= 0.3 is 6.09 Å². The highest BCUT2D eigenvalue weighted by Crippen LogP contribution is 2.30. The molecular weight excluding hydrogens is 408 g/mol. The van der Waals surface area contributed by atoms with Gasteiger partial charge in [0.1, 0.15) is 15.9 Å². The summed E-state index contributed by atoms with van der Waals surface area (Å²) in [6.07, 6.45) is -0.275. The van der Waals surface area contributed by atoms with Gasteiger partial charge in [-0.1, -0.05) is 44.2 Å². The highest BCUT2D eigenvalue weighted by Gasteiger charge is 2.27. The minimum absolute atomic E-state index is 0.149. The van der Waals surface area contributed by atoms with Crippen molar-refractivity contribution >= 4 is 34.3 Å². The summed E-state index contributed by atoms with van der Waals surface area (Å²) in [5, 5.41) is 4.44. The average molecular weight is 437 g/mol. The fourth-order valence-corrected chi connectivity index (χ4v) is 4.72. The van der Waals surface area contributed by atoms with Gasteiger partial charge in [0, 0.05) is 5.56 Å². The Morgan fingerprint density at radius 3 is 2.38 bits per heavy atom. The van der Waals surface area contributed by atoms with Gasteiger partial charge in [-0.15, -0.1) is 11.3 Å². The minimum Gasteiger partial charge on any atom is -0.444 e. The SMILES string of the molecule is CC(C)C[C@H](NC(=O)OC(C)(C)C)C(=O)NS(=O)c1sccc1-c1ccccc1. The normalized spacial score (nSPS) is 13.6. The third kappa shape index (κ3) is 7.29. The number of rotatable bonds is 7. The van der Waals surface area contributed by atoms with Crippen molar-refractivity contribution in [1.29, 1.82) is 0 Å². The lowest BCUT2D eigenvalue weighted by atomic mass is 10.0. The first kappa shape index (κ1) is 23.1. The van der Waals surface area contributed by atoms with E-state index < -0.39 is 34.6 Å². The van der Waals surface area contributed by atoms with Crippen molar-refractivity contribution in [2.75, 3.05) is 0 Å². The van der Waals surface area contributed by atoms with Crippen LogP contribution >= 0.6 is 11.3 Å². The molecule has 2 amide bonds. The Hall–Kier alpha value is -2.19. The van der Waals surface area contributed by atoms with Gasteiger partial charge in [-0.2, -0.15) is 0 Å². The van der Waals surface area contributed by atoms with Crippen LogP contribution in [0.3, 0.4) is 0 Å². The highest BCUT2D eigenvalue weighted by molar-refractivity contribution is 7.86. The molecule has 0 fully saturated rings. The second-order valence-electron chi connectivity index (χ2n) is 8.05. The molecule has 0 aliphatic rings. The summed E-state index contributed by atoms with van der Waals surface area (Å²) in [5.74, 6) is -0.356. The van der Waals surface area contributed by atoms with Crippen molar-refractivity contribution in [3.63, 3.8) is 0 Å². The molecule has 0 bridgehead atoms. The van der Waals surface area contributed by atoms with E-state index in [0.717, 1.165) is 11.1 Å². The third-order valence-corrected chi connectivity index (χ3v) is 6.18. The number of nitrogens with one attached hydrogen (secondary N) is 2. The molecular formula is C21H28N2O4S2. The van der Waals surface area contributed by atoms with Crippen molar-refractivity contribution in [3.05, 3.63) is 41.8 Å². The number of hydrogen-bond acceptors (Lipinski definition) is 5. The zero-order valence-corrected chi connectivity index (χ0v) is 19.0. The van der Waals surface area contributed by atoms with Crippen LogP contribution in [0.5, 0.6) is 0 Å². The molecule has 6 nitrogen and oxygen atoms in total. The largest absolute Gasteiger partial charge is 0.444 e. The van der Waals surface area contributed by atoms with E-state index in [0.29, 0.717) is 10.6 Å². The van der Waals surface area contributed by atoms with Gasteiger partial charge in [0.15, 0.2) is 11.0 Å². The van der Waals surface area contributed by atoms with E-state index in [1.165, 1.54) is 11.3 Å². The Morgan fingerprint density at radius 2 is 1.79 bits per heavy atom. The van der Waals surface area contributed by atoms with E-state index in [4.69, 9.17) is 4.74 Å². The monoisotopic (exact) mass is 436 g/mol. The van der Waals surface area contributed by atoms with Gasteiger partial charge in [0.25, 0.3) is 5.91 Å². The smallest absolute Gasteiger partial charge is 0.408 e. The maximum absolute atomic E-state index is 12.9. The lowest BCUT2D eigenvalue weighted by Crippen LogP contribution is -2.49. The molecule has 0 saturated carbocycles. The van der Waals surface area contributed by atoms with E-state index in [2.05, 4.69) is 10.0 Å². The Labute approximate surface area is 178 Å². The van der Waals surface area contributed by atoms with Crippen LogP contribution in [0.25, 0.3) is 11.1 Å². The molecule has 0 aliphatic heterocycles. The fourth-order valence-electron chi connectivity index (χ4n) is 2.63. The van der Waals surface area contributed by atoms with Gasteiger partial charge < -0.3 is 10.1 Å². The first-order valence-corrected chi connectivity index (χ1v) is 11.4. The maximum atomic E-state index is 12.9. The third-order valence-electron chi connectivity index (χ3n) is 3.79. The number of carbonyl (C=O) groups is 2. The maximum Gasteiger partial charge on any atom is 0.408 e. The minimum atomic E-state index is -1.74. The van der Waals surface area contributed by atoms with Gasteiger partial charge in [0.2, 0.25) is 0 Å². The van der Waals surface area contributed by atoms with Gasteiger partial charge in [-0.3, -0.25) is 9.52 Å². The van der Waals surface area contributed by atoms with E-state index in [-0.39, 0.29) is 5.92 Å². The second-order valence-corrected chi connectivity index (χ2v) is 10.4. The molecule has 29 heavy (non-hydrogen) atoms. The number of thiophene rings is 1. The van der Waals surface area contributed by atoms with Crippen LogP contribution in [0.15, 0.2) is 46.0 Å². The number of carbonyl (C=O) groups excluding carboxylic acids is 2. The van der Waals surface area contributed by atoms with Crippen molar-refractivity contribution in [2.24, 2.45) is 5.92 Å². The quantitative estimate of drug-likeness (QED) is 0.670. The lowest BCUT2D eigenvalue weighted by molar-refractivity contribution is -0.121. The predicted octanol–water partition coefficient (Wildman–Crippen LogP) is 4.49. The molecule has 2 rings (SSSR count). The Balaban J connectivity index is 2.12. The van der Waals surface area contributed by atoms with Crippen molar-refractivity contribution in [1.82, 2.24) is 10.0 Å². The summed E-state index contributed by atoms with van der Waals surface area (Å²) in [5.41, 5.74) is 1.07. The van der Waals surface area contributed by atoms with Gasteiger partial charge in [0.05, 0.1) is 0 Å². The van der Waals surface area contributed by atoms with E-state index in [9.17, 15) is 13.8 Å². The second kappa shape index (κ2) is 10.0. The number of amides is 2. The van der Waals surface area contributed by atoms with E-state index in [1.807, 2.05) is 55.6 Å². The summed E-state index contributed by atoms with van der Waals surface area (Å²) >= 11 is 1.31. The Morgan fingerprint density at radius 1 is 1.14 bits per heavy atom. The van der Waals surface area contributed by atoms with Crippen LogP contribution in [-0.4, -0.2) is 27.9 Å². The Kier molecular flexibility index (Phi) is 7.98. The summed E-state index contributed by atoms with van der Waals surface area (Å²) in [4.78, 5) is 24.9. The number of ether oxygens (including phenoxy) is 1. The molecule has 0 radical (unpaired) electrons. The molecule has 2 aromatic rings. The first-order chi connectivity index (χ1) is 13.6. The van der Waals surface area contributed by atoms with Crippen molar-refractivity contribution in [2.45, 2.75) is 56.9 Å². The molecule has 1 aromatic heterocycles. The molecule has 0 spiro atoms. The molecule has 8 heteroatoms. The summed E-state index contributed by atoms with van der Waals surface area (Å²) in [6, 6.07) is 10.6. The molecule has 1 unspecified atom stereocenters.